The van der Waals surface area contributed by atoms with Crippen molar-refractivity contribution >= 4 is 23.8 Å². The number of nitrogens with zero attached hydrogens (tertiary/aromatic N) is 3. The second-order valence-electron chi connectivity index (χ2n) is 5.50. The monoisotopic (exact) mass is 334 g/mol. The van der Waals surface area contributed by atoms with E-state index in [9.17, 15) is 19.7 Å². The third-order valence-corrected chi connectivity index (χ3v) is 3.98. The zero-order chi connectivity index (χ0) is 17.5. The number of imide groups is 1. The zero-order valence-electron chi connectivity index (χ0n) is 12.9. The molecule has 2 heterocycles. The van der Waals surface area contributed by atoms with Gasteiger partial charge in [0.1, 0.15) is 5.54 Å². The third kappa shape index (κ3) is 2.41. The van der Waals surface area contributed by atoms with Gasteiger partial charge in [0.05, 0.1) is 22.8 Å². The maximum Gasteiger partial charge on any atom is 0.346 e. The van der Waals surface area contributed by atoms with Gasteiger partial charge in [0.25, 0.3) is 11.6 Å². The highest BCUT2D eigenvalue weighted by molar-refractivity contribution is 6.07. The standard InChI is InChI=1S/C14H14N4O6/c1-3-14(2)12(19)17(13(20)16-14)15-6-8-4-10-11(24-7-23-10)5-9(8)18(21)22/h4-6H,3,7H2,1-2H3,(H,16,20). The van der Waals surface area contributed by atoms with Gasteiger partial charge in [-0.15, -0.1) is 5.01 Å². The molecule has 1 atom stereocenters. The van der Waals surface area contributed by atoms with Crippen LogP contribution < -0.4 is 14.8 Å². The van der Waals surface area contributed by atoms with Gasteiger partial charge >= 0.3 is 6.03 Å². The summed E-state index contributed by atoms with van der Waals surface area (Å²) < 4.78 is 10.3. The lowest BCUT2D eigenvalue weighted by molar-refractivity contribution is -0.385. The van der Waals surface area contributed by atoms with E-state index in [4.69, 9.17) is 9.47 Å². The molecule has 3 amide bonds. The summed E-state index contributed by atoms with van der Waals surface area (Å²) in [5.74, 6) is 0.0692. The van der Waals surface area contributed by atoms with Crippen molar-refractivity contribution in [1.29, 1.82) is 0 Å². The summed E-state index contributed by atoms with van der Waals surface area (Å²) in [5, 5.41) is 18.2. The van der Waals surface area contributed by atoms with Gasteiger partial charge in [-0.1, -0.05) is 6.92 Å². The molecule has 0 aliphatic carbocycles. The average Bonchev–Trinajstić information content (AvgIpc) is 3.08. The van der Waals surface area contributed by atoms with Crippen LogP contribution in [0.15, 0.2) is 17.2 Å². The molecule has 0 radical (unpaired) electrons. The molecular weight excluding hydrogens is 320 g/mol. The van der Waals surface area contributed by atoms with Gasteiger partial charge in [0, 0.05) is 0 Å². The van der Waals surface area contributed by atoms with E-state index in [-0.39, 0.29) is 23.8 Å². The first kappa shape index (κ1) is 15.7. The normalized spacial score (nSPS) is 22.3. The number of nitrogens with one attached hydrogen (secondary N) is 1. The quantitative estimate of drug-likeness (QED) is 0.384. The Morgan fingerprint density at radius 3 is 2.67 bits per heavy atom. The molecule has 1 fully saturated rings. The second-order valence-corrected chi connectivity index (χ2v) is 5.50. The number of fused-ring (bicyclic) bond motifs is 1. The molecule has 1 saturated heterocycles. The molecule has 10 nitrogen and oxygen atoms in total. The lowest BCUT2D eigenvalue weighted by Crippen LogP contribution is -2.42. The van der Waals surface area contributed by atoms with Crippen molar-refractivity contribution in [2.75, 3.05) is 6.79 Å². The summed E-state index contributed by atoms with van der Waals surface area (Å²) in [6.45, 7) is 3.31. The van der Waals surface area contributed by atoms with Crippen LogP contribution in [0.3, 0.4) is 0 Å². The van der Waals surface area contributed by atoms with Crippen molar-refractivity contribution in [1.82, 2.24) is 10.3 Å². The van der Waals surface area contributed by atoms with Crippen LogP contribution in [0.2, 0.25) is 0 Å². The van der Waals surface area contributed by atoms with Gasteiger partial charge < -0.3 is 14.8 Å². The smallest absolute Gasteiger partial charge is 0.346 e. The number of hydrazone groups is 1. The maximum atomic E-state index is 12.2. The number of nitro benzene ring substituents is 1. The fraction of sp³-hybridized carbons (Fsp3) is 0.357. The van der Waals surface area contributed by atoms with E-state index in [2.05, 4.69) is 10.4 Å². The SMILES string of the molecule is CCC1(C)NC(=O)N(N=Cc2cc3c(cc2[N+](=O)[O-])OCO3)C1=O. The lowest BCUT2D eigenvalue weighted by atomic mass is 10.00. The number of carbonyl (C=O) groups excluding carboxylic acids is 2. The Balaban J connectivity index is 1.94. The van der Waals surface area contributed by atoms with Crippen LogP contribution in [0.25, 0.3) is 0 Å². The molecule has 2 aliphatic rings. The van der Waals surface area contributed by atoms with E-state index in [0.717, 1.165) is 6.21 Å². The topological polar surface area (TPSA) is 123 Å². The fourth-order valence-electron chi connectivity index (χ4n) is 2.34. The predicted molar refractivity (Wildman–Crippen MR) is 80.9 cm³/mol. The molecule has 3 rings (SSSR count). The Hall–Kier alpha value is -3.17. The number of nitro groups is 1. The van der Waals surface area contributed by atoms with Crippen LogP contribution in [0, 0.1) is 10.1 Å². The second kappa shape index (κ2) is 5.48. The number of amides is 3. The predicted octanol–water partition coefficient (Wildman–Crippen LogP) is 1.38. The van der Waals surface area contributed by atoms with Crippen LogP contribution in [-0.4, -0.2) is 40.4 Å². The third-order valence-electron chi connectivity index (χ3n) is 3.98. The van der Waals surface area contributed by atoms with E-state index in [1.807, 2.05) is 0 Å². The highest BCUT2D eigenvalue weighted by atomic mass is 16.7. The van der Waals surface area contributed by atoms with Gasteiger partial charge in [-0.3, -0.25) is 14.9 Å². The Bertz CT molecular complexity index is 777. The number of ether oxygens (including phenoxy) is 2. The number of urea groups is 1. The first-order valence-electron chi connectivity index (χ1n) is 7.14. The van der Waals surface area contributed by atoms with E-state index in [0.29, 0.717) is 17.2 Å². The molecule has 1 unspecified atom stereocenters. The number of hydrogen-bond donors (Lipinski definition) is 1. The summed E-state index contributed by atoms with van der Waals surface area (Å²) in [7, 11) is 0. The van der Waals surface area contributed by atoms with E-state index in [1.54, 1.807) is 13.8 Å². The molecule has 1 N–H and O–H groups in total. The highest BCUT2D eigenvalue weighted by Crippen LogP contribution is 2.37. The number of benzene rings is 1. The molecule has 0 spiro atoms. The minimum atomic E-state index is -1.03. The van der Waals surface area contributed by atoms with Crippen molar-refractivity contribution in [2.24, 2.45) is 5.10 Å². The summed E-state index contributed by atoms with van der Waals surface area (Å²) in [5.41, 5.74) is -1.21. The van der Waals surface area contributed by atoms with Gasteiger partial charge in [-0.05, 0) is 19.4 Å². The molecule has 1 aromatic carbocycles. The van der Waals surface area contributed by atoms with Gasteiger partial charge in [-0.2, -0.15) is 5.10 Å². The zero-order valence-corrected chi connectivity index (χ0v) is 12.9. The van der Waals surface area contributed by atoms with Crippen molar-refractivity contribution in [3.8, 4) is 11.5 Å². The minimum Gasteiger partial charge on any atom is -0.454 e. The molecule has 1 aromatic rings. The van der Waals surface area contributed by atoms with Crippen LogP contribution in [0.4, 0.5) is 10.5 Å². The molecule has 24 heavy (non-hydrogen) atoms. The van der Waals surface area contributed by atoms with Crippen molar-refractivity contribution in [2.45, 2.75) is 25.8 Å². The van der Waals surface area contributed by atoms with Gasteiger partial charge in [0.15, 0.2) is 11.5 Å². The fourth-order valence-corrected chi connectivity index (χ4v) is 2.34. The van der Waals surface area contributed by atoms with Crippen LogP contribution in [0.5, 0.6) is 11.5 Å². The van der Waals surface area contributed by atoms with Crippen molar-refractivity contribution < 1.29 is 24.0 Å². The highest BCUT2D eigenvalue weighted by Gasteiger charge is 2.46. The summed E-state index contributed by atoms with van der Waals surface area (Å²) in [4.78, 5) is 34.7. The molecule has 0 aromatic heterocycles. The lowest BCUT2D eigenvalue weighted by Gasteiger charge is -2.17. The average molecular weight is 334 g/mol. The maximum absolute atomic E-state index is 12.2. The molecular formula is C14H14N4O6. The molecule has 0 saturated carbocycles. The first-order chi connectivity index (χ1) is 11.4. The minimum absolute atomic E-state index is 0.0328. The van der Waals surface area contributed by atoms with E-state index in [1.165, 1.54) is 12.1 Å². The molecule has 0 bridgehead atoms. The van der Waals surface area contributed by atoms with Gasteiger partial charge in [-0.25, -0.2) is 4.79 Å². The van der Waals surface area contributed by atoms with Crippen LogP contribution >= 0.6 is 0 Å². The van der Waals surface area contributed by atoms with E-state index < -0.39 is 22.4 Å². The Labute approximate surface area is 136 Å². The Morgan fingerprint density at radius 2 is 2.08 bits per heavy atom. The van der Waals surface area contributed by atoms with Crippen LogP contribution in [-0.2, 0) is 4.79 Å². The summed E-state index contributed by atoms with van der Waals surface area (Å²) in [6, 6.07) is 1.91. The van der Waals surface area contributed by atoms with Crippen molar-refractivity contribution in [3.63, 3.8) is 0 Å². The first-order valence-corrected chi connectivity index (χ1v) is 7.14. The molecule has 10 heteroatoms. The molecule has 126 valence electrons. The number of carbonyl (C=O) groups is 2. The molecule has 2 aliphatic heterocycles. The van der Waals surface area contributed by atoms with Crippen molar-refractivity contribution in [3.05, 3.63) is 27.8 Å². The summed E-state index contributed by atoms with van der Waals surface area (Å²) >= 11 is 0. The largest absolute Gasteiger partial charge is 0.454 e. The Morgan fingerprint density at radius 1 is 1.42 bits per heavy atom. The number of hydrogen-bond acceptors (Lipinski definition) is 7. The summed E-state index contributed by atoms with van der Waals surface area (Å²) in [6.07, 6.45) is 1.48. The van der Waals surface area contributed by atoms with E-state index >= 15 is 0 Å². The Kier molecular flexibility index (Phi) is 3.59. The number of rotatable bonds is 4. The van der Waals surface area contributed by atoms with Crippen LogP contribution in [0.1, 0.15) is 25.8 Å². The van der Waals surface area contributed by atoms with Gasteiger partial charge in [0.2, 0.25) is 6.79 Å².